The van der Waals surface area contributed by atoms with E-state index in [0.29, 0.717) is 18.2 Å². The van der Waals surface area contributed by atoms with Crippen LogP contribution in [0.3, 0.4) is 0 Å². The van der Waals surface area contributed by atoms with Gasteiger partial charge in [0.15, 0.2) is 0 Å². The van der Waals surface area contributed by atoms with Gasteiger partial charge in [0.1, 0.15) is 0 Å². The summed E-state index contributed by atoms with van der Waals surface area (Å²) in [6.07, 6.45) is 4.27. The first-order valence-corrected chi connectivity index (χ1v) is 10.1. The number of nitrogens with zero attached hydrogens (tertiary/aromatic N) is 2. The first kappa shape index (κ1) is 18.4. The lowest BCUT2D eigenvalue weighted by molar-refractivity contribution is 0.0705. The number of fused-ring (bicyclic) bond motifs is 2. The van der Waals surface area contributed by atoms with E-state index in [1.54, 1.807) is 17.6 Å². The third kappa shape index (κ3) is 3.31. The summed E-state index contributed by atoms with van der Waals surface area (Å²) >= 11 is 0. The fraction of sp³-hybridized carbons (Fsp3) is 0.167. The van der Waals surface area contributed by atoms with Gasteiger partial charge in [0.2, 0.25) is 0 Å². The van der Waals surface area contributed by atoms with Crippen molar-refractivity contribution in [2.75, 3.05) is 10.2 Å². The van der Waals surface area contributed by atoms with Gasteiger partial charge in [0, 0.05) is 35.6 Å². The van der Waals surface area contributed by atoms with Crippen molar-refractivity contribution in [2.24, 2.45) is 4.99 Å². The van der Waals surface area contributed by atoms with Crippen molar-refractivity contribution >= 4 is 34.9 Å². The second-order valence-corrected chi connectivity index (χ2v) is 7.54. The van der Waals surface area contributed by atoms with Gasteiger partial charge in [-0.15, -0.1) is 0 Å². The number of carbonyl (C=O) groups is 1. The highest BCUT2D eigenvalue weighted by Crippen LogP contribution is 2.46. The van der Waals surface area contributed by atoms with E-state index in [-0.39, 0.29) is 0 Å². The normalized spacial score (nSPS) is 14.5. The summed E-state index contributed by atoms with van der Waals surface area (Å²) in [6.45, 7) is 0.449. The van der Waals surface area contributed by atoms with Crippen molar-refractivity contribution < 1.29 is 10.0 Å². The summed E-state index contributed by atoms with van der Waals surface area (Å²) in [6, 6.07) is 22.2. The number of para-hydroxylation sites is 2. The number of aliphatic imine (C=N–C) groups is 1. The molecule has 0 aromatic heterocycles. The monoisotopic (exact) mass is 398 g/mol. The summed E-state index contributed by atoms with van der Waals surface area (Å²) in [5.74, 6) is -0.517. The molecule has 1 aliphatic heterocycles. The Balaban J connectivity index is 1.51. The number of hydrogen-bond donors (Lipinski definition) is 3. The summed E-state index contributed by atoms with van der Waals surface area (Å²) in [4.78, 5) is 19.1. The Hall–Kier alpha value is -3.64. The first-order valence-electron chi connectivity index (χ1n) is 10.1. The predicted octanol–water partition coefficient (Wildman–Crippen LogP) is 4.78. The molecule has 5 rings (SSSR count). The third-order valence-corrected chi connectivity index (χ3v) is 5.56. The maximum atomic E-state index is 12.0. The Kier molecular flexibility index (Phi) is 4.69. The van der Waals surface area contributed by atoms with Crippen LogP contribution in [0.15, 0.2) is 71.7 Å². The summed E-state index contributed by atoms with van der Waals surface area (Å²) < 4.78 is 0. The molecule has 3 aromatic rings. The molecule has 1 amide bonds. The van der Waals surface area contributed by atoms with Crippen LogP contribution in [0, 0.1) is 0 Å². The molecular formula is C24H22N4O2. The molecule has 3 aromatic carbocycles. The minimum atomic E-state index is -0.517. The maximum Gasteiger partial charge on any atom is 0.274 e. The summed E-state index contributed by atoms with van der Waals surface area (Å²) in [5, 5.41) is 12.5. The molecule has 0 bridgehead atoms. The first-order chi connectivity index (χ1) is 14.8. The Bertz CT molecular complexity index is 1140. The largest absolute Gasteiger partial charge is 0.380 e. The van der Waals surface area contributed by atoms with Crippen molar-refractivity contribution in [2.45, 2.75) is 25.4 Å². The van der Waals surface area contributed by atoms with Crippen LogP contribution >= 0.6 is 0 Å². The van der Waals surface area contributed by atoms with Crippen LogP contribution in [0.2, 0.25) is 0 Å². The van der Waals surface area contributed by atoms with Crippen LogP contribution in [0.5, 0.6) is 0 Å². The zero-order valence-corrected chi connectivity index (χ0v) is 16.4. The second-order valence-electron chi connectivity index (χ2n) is 7.54. The van der Waals surface area contributed by atoms with Gasteiger partial charge in [-0.05, 0) is 48.7 Å². The zero-order valence-electron chi connectivity index (χ0n) is 16.4. The molecule has 0 radical (unpaired) electrons. The van der Waals surface area contributed by atoms with Crippen LogP contribution in [0.4, 0.5) is 22.7 Å². The Morgan fingerprint density at radius 1 is 1.00 bits per heavy atom. The SMILES string of the molecule is O=C(NO)c1ccccc1CNc1cccc2c1C=Nc1ccccc1N2C1CC1. The second kappa shape index (κ2) is 7.65. The number of nitrogens with one attached hydrogen (secondary N) is 2. The summed E-state index contributed by atoms with van der Waals surface area (Å²) in [5.41, 5.74) is 8.19. The smallest absolute Gasteiger partial charge is 0.274 e. The van der Waals surface area contributed by atoms with Crippen molar-refractivity contribution in [1.82, 2.24) is 5.48 Å². The van der Waals surface area contributed by atoms with Crippen LogP contribution in [0.1, 0.15) is 34.3 Å². The molecule has 1 saturated carbocycles. The summed E-state index contributed by atoms with van der Waals surface area (Å²) in [7, 11) is 0. The van der Waals surface area contributed by atoms with Crippen LogP contribution in [0.25, 0.3) is 0 Å². The van der Waals surface area contributed by atoms with Gasteiger partial charge in [0.05, 0.1) is 17.1 Å². The highest BCUT2D eigenvalue weighted by molar-refractivity contribution is 6.01. The molecule has 6 nitrogen and oxygen atoms in total. The predicted molar refractivity (Wildman–Crippen MR) is 118 cm³/mol. The fourth-order valence-corrected chi connectivity index (χ4v) is 3.97. The maximum absolute atomic E-state index is 12.0. The lowest BCUT2D eigenvalue weighted by Gasteiger charge is -2.27. The number of anilines is 3. The quantitative estimate of drug-likeness (QED) is 0.427. The molecule has 0 unspecified atom stereocenters. The minimum absolute atomic E-state index is 0.440. The Morgan fingerprint density at radius 3 is 2.60 bits per heavy atom. The number of benzene rings is 3. The van der Waals surface area contributed by atoms with Gasteiger partial charge in [-0.1, -0.05) is 36.4 Å². The lowest BCUT2D eigenvalue weighted by atomic mass is 10.1. The zero-order chi connectivity index (χ0) is 20.5. The average molecular weight is 398 g/mol. The molecular weight excluding hydrogens is 376 g/mol. The molecule has 2 aliphatic rings. The molecule has 0 spiro atoms. The van der Waals surface area contributed by atoms with E-state index in [9.17, 15) is 4.79 Å². The Morgan fingerprint density at radius 2 is 1.77 bits per heavy atom. The van der Waals surface area contributed by atoms with E-state index in [1.165, 1.54) is 12.8 Å². The van der Waals surface area contributed by atoms with Gasteiger partial charge in [0.25, 0.3) is 5.91 Å². The van der Waals surface area contributed by atoms with Gasteiger partial charge < -0.3 is 10.2 Å². The number of hydroxylamine groups is 1. The average Bonchev–Trinajstić information content (AvgIpc) is 3.63. The van der Waals surface area contributed by atoms with Crippen molar-refractivity contribution in [3.8, 4) is 0 Å². The molecule has 0 saturated heterocycles. The van der Waals surface area contributed by atoms with Crippen molar-refractivity contribution in [3.63, 3.8) is 0 Å². The van der Waals surface area contributed by atoms with E-state index in [4.69, 9.17) is 10.2 Å². The molecule has 1 fully saturated rings. The Labute approximate surface area is 174 Å². The van der Waals surface area contributed by atoms with Crippen LogP contribution in [-0.4, -0.2) is 23.4 Å². The van der Waals surface area contributed by atoms with Gasteiger partial charge in [-0.3, -0.25) is 15.0 Å². The van der Waals surface area contributed by atoms with Crippen molar-refractivity contribution in [3.05, 3.63) is 83.4 Å². The van der Waals surface area contributed by atoms with Gasteiger partial charge >= 0.3 is 0 Å². The number of hydrogen-bond acceptors (Lipinski definition) is 5. The molecule has 0 atom stereocenters. The molecule has 3 N–H and O–H groups in total. The van der Waals surface area contributed by atoms with Crippen molar-refractivity contribution in [1.29, 1.82) is 0 Å². The molecule has 6 heteroatoms. The highest BCUT2D eigenvalue weighted by Gasteiger charge is 2.34. The number of rotatable bonds is 5. The lowest BCUT2D eigenvalue weighted by Crippen LogP contribution is -2.21. The topological polar surface area (TPSA) is 77.0 Å². The molecule has 1 aliphatic carbocycles. The third-order valence-electron chi connectivity index (χ3n) is 5.56. The molecule has 1 heterocycles. The number of carbonyl (C=O) groups excluding carboxylic acids is 1. The van der Waals surface area contributed by atoms with E-state index in [1.807, 2.05) is 42.6 Å². The number of amides is 1. The van der Waals surface area contributed by atoms with E-state index >= 15 is 0 Å². The molecule has 30 heavy (non-hydrogen) atoms. The standard InChI is InChI=1S/C24H22N4O2/c29-24(27-30)18-7-2-1-6-16(18)14-25-20-9-5-11-22-19(20)15-26-21-8-3-4-10-23(21)28(22)17-12-13-17/h1-11,15,17,25,30H,12-14H2,(H,27,29). The van der Waals surface area contributed by atoms with Gasteiger partial charge in [-0.25, -0.2) is 5.48 Å². The van der Waals surface area contributed by atoms with Gasteiger partial charge in [-0.2, -0.15) is 0 Å². The van der Waals surface area contributed by atoms with E-state index < -0.39 is 5.91 Å². The van der Waals surface area contributed by atoms with E-state index in [0.717, 1.165) is 33.9 Å². The van der Waals surface area contributed by atoms with Crippen LogP contribution < -0.4 is 15.7 Å². The molecule has 150 valence electrons. The van der Waals surface area contributed by atoms with Crippen LogP contribution in [-0.2, 0) is 6.54 Å². The fourth-order valence-electron chi connectivity index (χ4n) is 3.97. The highest BCUT2D eigenvalue weighted by atomic mass is 16.5. The minimum Gasteiger partial charge on any atom is -0.380 e. The van der Waals surface area contributed by atoms with E-state index in [2.05, 4.69) is 28.4 Å².